The summed E-state index contributed by atoms with van der Waals surface area (Å²) >= 11 is 12.3. The molecule has 0 saturated carbocycles. The van der Waals surface area contributed by atoms with Crippen LogP contribution < -0.4 is 20.8 Å². The highest BCUT2D eigenvalue weighted by molar-refractivity contribution is 7.89. The number of hydrogen-bond donors (Lipinski definition) is 2. The largest absolute Gasteiger partial charge is 0.368 e. The fourth-order valence-corrected chi connectivity index (χ4v) is 5.21. The molecule has 0 bridgehead atoms. The van der Waals surface area contributed by atoms with E-state index in [1.807, 2.05) is 12.1 Å². The molecule has 3 aromatic rings. The Balaban J connectivity index is 2.13. The quantitative estimate of drug-likeness (QED) is 0.407. The monoisotopic (exact) mass is 533 g/mol. The predicted molar refractivity (Wildman–Crippen MR) is 136 cm³/mol. The van der Waals surface area contributed by atoms with Crippen molar-refractivity contribution in [2.45, 2.75) is 37.9 Å². The topological polar surface area (TPSA) is 127 Å². The summed E-state index contributed by atoms with van der Waals surface area (Å²) in [4.78, 5) is 29.6. The van der Waals surface area contributed by atoms with Crippen molar-refractivity contribution in [3.05, 3.63) is 64.3 Å². The van der Waals surface area contributed by atoms with Gasteiger partial charge >= 0.3 is 0 Å². The van der Waals surface area contributed by atoms with Crippen LogP contribution in [0.25, 0.3) is 0 Å². The van der Waals surface area contributed by atoms with Gasteiger partial charge in [0.2, 0.25) is 17.8 Å². The van der Waals surface area contributed by atoms with Gasteiger partial charge in [0.1, 0.15) is 7.85 Å². The molecule has 0 fully saturated rings. The van der Waals surface area contributed by atoms with Crippen molar-refractivity contribution in [3.8, 4) is 0 Å². The first-order valence-electron chi connectivity index (χ1n) is 10.4. The van der Waals surface area contributed by atoms with E-state index in [4.69, 9.17) is 36.8 Å². The Morgan fingerprint density at radius 1 is 1.17 bits per heavy atom. The summed E-state index contributed by atoms with van der Waals surface area (Å²) in [5.74, 6) is -1.27. The van der Waals surface area contributed by atoms with E-state index in [0.29, 0.717) is 17.6 Å². The second-order valence-corrected chi connectivity index (χ2v) is 10.3. The second-order valence-electron chi connectivity index (χ2n) is 7.77. The van der Waals surface area contributed by atoms with Crippen molar-refractivity contribution in [1.82, 2.24) is 14.3 Å². The molecule has 182 valence electrons. The third-order valence-electron chi connectivity index (χ3n) is 5.06. The Labute approximate surface area is 214 Å². The van der Waals surface area contributed by atoms with Crippen LogP contribution in [0.15, 0.2) is 53.7 Å². The molecule has 0 aliphatic heterocycles. The lowest BCUT2D eigenvalue weighted by Gasteiger charge is -2.23. The van der Waals surface area contributed by atoms with E-state index in [9.17, 15) is 18.0 Å². The molecular formula is C22H22BCl2N5O4S. The van der Waals surface area contributed by atoms with Crippen LogP contribution in [0.4, 0.5) is 11.6 Å². The third-order valence-corrected chi connectivity index (χ3v) is 7.03. The van der Waals surface area contributed by atoms with Crippen LogP contribution in [-0.2, 0) is 32.6 Å². The lowest BCUT2D eigenvalue weighted by molar-refractivity contribution is -0.119. The lowest BCUT2D eigenvalue weighted by atomic mass is 9.95. The molecule has 3 rings (SSSR count). The predicted octanol–water partition coefficient (Wildman–Crippen LogP) is 2.06. The molecule has 0 unspecified atom stereocenters. The number of aromatic nitrogens is 2. The zero-order valence-electron chi connectivity index (χ0n) is 18.9. The average molecular weight is 534 g/mol. The number of sulfonamides is 1. The molecule has 2 aromatic carbocycles. The zero-order valence-corrected chi connectivity index (χ0v) is 21.2. The maximum Gasteiger partial charge on any atom is 0.258 e. The summed E-state index contributed by atoms with van der Waals surface area (Å²) in [6, 6.07) is 10.4. The summed E-state index contributed by atoms with van der Waals surface area (Å²) in [6.07, 6.45) is 1.50. The highest BCUT2D eigenvalue weighted by Gasteiger charge is 2.29. The summed E-state index contributed by atoms with van der Waals surface area (Å²) in [6.45, 7) is 2.75. The fraction of sp³-hybridized carbons (Fsp3) is 0.227. The number of nitrogens with one attached hydrogen (secondary N) is 1. The number of hydrogen-bond acceptors (Lipinski definition) is 5. The maximum absolute atomic E-state index is 13.1. The first-order valence-corrected chi connectivity index (χ1v) is 12.6. The van der Waals surface area contributed by atoms with Gasteiger partial charge in [-0.15, -0.1) is 0 Å². The van der Waals surface area contributed by atoms with Gasteiger partial charge in [0.05, 0.1) is 17.9 Å². The molecular weight excluding hydrogens is 512 g/mol. The van der Waals surface area contributed by atoms with Crippen LogP contribution in [0.5, 0.6) is 0 Å². The number of carbonyl (C=O) groups is 2. The number of imidazole rings is 1. The van der Waals surface area contributed by atoms with Crippen LogP contribution >= 0.6 is 23.2 Å². The van der Waals surface area contributed by atoms with Crippen LogP contribution in [-0.4, -0.2) is 43.7 Å². The van der Waals surface area contributed by atoms with Gasteiger partial charge in [0, 0.05) is 23.5 Å². The number of nitrogens with two attached hydrogens (primary N) is 1. The molecule has 13 heteroatoms. The van der Waals surface area contributed by atoms with Crippen LogP contribution in [0.2, 0.25) is 10.0 Å². The van der Waals surface area contributed by atoms with Gasteiger partial charge in [-0.2, -0.15) is 4.72 Å². The van der Waals surface area contributed by atoms with Gasteiger partial charge in [-0.3, -0.25) is 19.1 Å². The van der Waals surface area contributed by atoms with Crippen molar-refractivity contribution in [1.29, 1.82) is 0 Å². The molecule has 1 heterocycles. The van der Waals surface area contributed by atoms with Gasteiger partial charge in [-0.25, -0.2) is 13.4 Å². The number of rotatable bonds is 9. The standard InChI is InChI=1S/C22H22BCl2N5O4S/c1-13(21(26)32)28-35(33,34)20-12-27-22(29(20)8-7-15-3-5-16(23)6-4-15)30(14(2)31)19-10-17(24)9-18(25)11-19/h3-6,9-13,28H,7-8H2,1-2H3,(H2,26,32)/t13-/m0/s1. The highest BCUT2D eigenvalue weighted by atomic mass is 35.5. The van der Waals surface area contributed by atoms with E-state index in [2.05, 4.69) is 9.71 Å². The molecule has 0 spiro atoms. The SMILES string of the molecule is [B]c1ccc(CCn2c(S(=O)(=O)N[C@@H](C)C(N)=O)cnc2N(C(C)=O)c2cc(Cl)cc(Cl)c2)cc1. The Bertz CT molecular complexity index is 1340. The molecule has 1 aromatic heterocycles. The molecule has 1 atom stereocenters. The molecule has 2 amide bonds. The molecule has 0 aliphatic rings. The van der Waals surface area contributed by atoms with Crippen LogP contribution in [0.1, 0.15) is 19.4 Å². The molecule has 0 aliphatic carbocycles. The van der Waals surface area contributed by atoms with E-state index in [-0.39, 0.29) is 27.6 Å². The minimum absolute atomic E-state index is 0.0263. The zero-order chi connectivity index (χ0) is 25.9. The Morgan fingerprint density at radius 2 is 1.77 bits per heavy atom. The number of anilines is 2. The number of primary amides is 1. The van der Waals surface area contributed by atoms with Gasteiger partial charge in [0.15, 0.2) is 5.03 Å². The van der Waals surface area contributed by atoms with Crippen molar-refractivity contribution < 1.29 is 18.0 Å². The third kappa shape index (κ3) is 6.43. The number of aryl methyl sites for hydroxylation is 1. The number of halogens is 2. The minimum Gasteiger partial charge on any atom is -0.368 e. The minimum atomic E-state index is -4.24. The van der Waals surface area contributed by atoms with Crippen molar-refractivity contribution in [2.24, 2.45) is 5.73 Å². The number of benzene rings is 2. The van der Waals surface area contributed by atoms with E-state index < -0.39 is 27.9 Å². The smallest absolute Gasteiger partial charge is 0.258 e. The molecule has 35 heavy (non-hydrogen) atoms. The average Bonchev–Trinajstić information content (AvgIpc) is 3.16. The lowest BCUT2D eigenvalue weighted by Crippen LogP contribution is -2.42. The van der Waals surface area contributed by atoms with E-state index in [0.717, 1.165) is 11.8 Å². The summed E-state index contributed by atoms with van der Waals surface area (Å²) in [5.41, 5.74) is 6.99. The van der Waals surface area contributed by atoms with Crippen LogP contribution in [0.3, 0.4) is 0 Å². The maximum atomic E-state index is 13.1. The molecule has 0 saturated heterocycles. The number of nitrogens with zero attached hydrogens (tertiary/aromatic N) is 3. The van der Waals surface area contributed by atoms with Gasteiger partial charge in [0.25, 0.3) is 10.0 Å². The molecule has 3 N–H and O–H groups in total. The highest BCUT2D eigenvalue weighted by Crippen LogP contribution is 2.32. The summed E-state index contributed by atoms with van der Waals surface area (Å²) in [7, 11) is 1.51. The Morgan fingerprint density at radius 3 is 2.31 bits per heavy atom. The Kier molecular flexibility index (Phi) is 8.27. The second kappa shape index (κ2) is 10.8. The van der Waals surface area contributed by atoms with Crippen molar-refractivity contribution in [3.63, 3.8) is 0 Å². The number of carbonyl (C=O) groups excluding carboxylic acids is 2. The van der Waals surface area contributed by atoms with Gasteiger partial charge in [-0.05, 0) is 37.1 Å². The first-order chi connectivity index (χ1) is 16.4. The van der Waals surface area contributed by atoms with Crippen molar-refractivity contribution >= 4 is 70.0 Å². The number of amides is 2. The fourth-order valence-electron chi connectivity index (χ4n) is 3.34. The summed E-state index contributed by atoms with van der Waals surface area (Å²) < 4.78 is 29.9. The van der Waals surface area contributed by atoms with Gasteiger partial charge in [-0.1, -0.05) is 52.9 Å². The van der Waals surface area contributed by atoms with E-state index >= 15 is 0 Å². The van der Waals surface area contributed by atoms with Crippen LogP contribution in [0, 0.1) is 0 Å². The van der Waals surface area contributed by atoms with Crippen molar-refractivity contribution in [2.75, 3.05) is 4.90 Å². The van der Waals surface area contributed by atoms with Gasteiger partial charge < -0.3 is 5.73 Å². The molecule has 2 radical (unpaired) electrons. The van der Waals surface area contributed by atoms with E-state index in [1.54, 1.807) is 12.1 Å². The Hall–Kier alpha value is -2.86. The molecule has 9 nitrogen and oxygen atoms in total. The summed E-state index contributed by atoms with van der Waals surface area (Å²) in [5, 5.41) is 0.308. The first kappa shape index (κ1) is 26.7. The van der Waals surface area contributed by atoms with E-state index in [1.165, 1.54) is 41.5 Å². The normalized spacial score (nSPS) is 12.3.